The number of morpholine rings is 1. The molecule has 1 aliphatic rings. The molecule has 2 aromatic rings. The molecule has 0 spiro atoms. The molecule has 1 aromatic heterocycles. The van der Waals surface area contributed by atoms with E-state index in [9.17, 15) is 24.6 Å². The maximum atomic E-state index is 12.3. The van der Waals surface area contributed by atoms with Crippen molar-refractivity contribution < 1.29 is 29.3 Å². The van der Waals surface area contributed by atoms with Crippen LogP contribution in [0.3, 0.4) is 0 Å². The number of nitrogens with one attached hydrogen (secondary N) is 2. The molecule has 0 saturated carbocycles. The van der Waals surface area contributed by atoms with E-state index >= 15 is 0 Å². The Morgan fingerprint density at radius 1 is 0.976 bits per heavy atom. The third kappa shape index (κ3) is 9.04. The molecule has 13 heteroatoms. The van der Waals surface area contributed by atoms with Crippen LogP contribution >= 0.6 is 11.3 Å². The quantitative estimate of drug-likeness (QED) is 0.276. The Bertz CT molecular complexity index is 1200. The molecular formula is C29H44N6O6S. The fourth-order valence-electron chi connectivity index (χ4n) is 4.81. The van der Waals surface area contributed by atoms with Crippen molar-refractivity contribution in [1.82, 2.24) is 19.7 Å². The van der Waals surface area contributed by atoms with E-state index in [-0.39, 0.29) is 5.91 Å². The summed E-state index contributed by atoms with van der Waals surface area (Å²) in [6.45, 7) is 15.7. The molecule has 0 aliphatic carbocycles. The van der Waals surface area contributed by atoms with E-state index in [2.05, 4.69) is 15.5 Å². The third-order valence-electron chi connectivity index (χ3n) is 6.78. The van der Waals surface area contributed by atoms with Crippen molar-refractivity contribution in [2.45, 2.75) is 85.2 Å². The minimum Gasteiger partial charge on any atom is -0.465 e. The molecule has 2 heterocycles. The number of amides is 3. The van der Waals surface area contributed by atoms with Gasteiger partial charge < -0.3 is 25.6 Å². The van der Waals surface area contributed by atoms with Gasteiger partial charge in [0, 0.05) is 48.2 Å². The van der Waals surface area contributed by atoms with Crippen LogP contribution in [0.15, 0.2) is 24.3 Å². The smallest absolute Gasteiger partial charge is 0.410 e. The fraction of sp³-hybridized carbons (Fsp3) is 0.586. The molecule has 0 unspecified atom stereocenters. The zero-order chi connectivity index (χ0) is 31.2. The molecule has 4 N–H and O–H groups in total. The van der Waals surface area contributed by atoms with Crippen LogP contribution in [0.25, 0.3) is 0 Å². The van der Waals surface area contributed by atoms with Crippen LogP contribution in [-0.2, 0) is 28.9 Å². The highest BCUT2D eigenvalue weighted by molar-refractivity contribution is 7.15. The van der Waals surface area contributed by atoms with E-state index in [4.69, 9.17) is 9.72 Å². The Balaban J connectivity index is 1.80. The first-order valence-corrected chi connectivity index (χ1v) is 14.8. The highest BCUT2D eigenvalue weighted by Crippen LogP contribution is 2.29. The van der Waals surface area contributed by atoms with Gasteiger partial charge in [-0.1, -0.05) is 12.1 Å². The molecule has 0 atom stereocenters. The Kier molecular flexibility index (Phi) is 10.8. The number of thiazole rings is 1. The molecule has 1 saturated heterocycles. The van der Waals surface area contributed by atoms with Gasteiger partial charge in [-0.25, -0.2) is 14.6 Å². The number of anilines is 2. The SMILES string of the molecule is CC(=O)Nc1nc(CCc2ccc(NC(N(C(=O)O)C(C)(C)C)N(C(=O)O)C(C)(C)C)cc2)c(CN2CCOCC2)s1. The molecule has 0 bridgehead atoms. The topological polar surface area (TPSA) is 148 Å². The number of nitrogens with zero attached hydrogens (tertiary/aromatic N) is 4. The van der Waals surface area contributed by atoms with Crippen LogP contribution in [0.5, 0.6) is 0 Å². The van der Waals surface area contributed by atoms with E-state index in [1.54, 1.807) is 41.5 Å². The summed E-state index contributed by atoms with van der Waals surface area (Å²) in [4.78, 5) is 46.7. The first-order valence-electron chi connectivity index (χ1n) is 14.0. The minimum absolute atomic E-state index is 0.157. The number of ether oxygens (including phenoxy) is 1. The number of rotatable bonds is 10. The summed E-state index contributed by atoms with van der Waals surface area (Å²) < 4.78 is 5.47. The maximum absolute atomic E-state index is 12.3. The van der Waals surface area contributed by atoms with Gasteiger partial charge in [-0.3, -0.25) is 19.5 Å². The van der Waals surface area contributed by atoms with Crippen molar-refractivity contribution in [3.05, 3.63) is 40.4 Å². The number of carbonyl (C=O) groups excluding carboxylic acids is 1. The second kappa shape index (κ2) is 13.7. The van der Waals surface area contributed by atoms with E-state index in [1.165, 1.54) is 18.3 Å². The van der Waals surface area contributed by atoms with Crippen molar-refractivity contribution in [3.8, 4) is 0 Å². The fourth-order valence-corrected chi connectivity index (χ4v) is 5.91. The van der Waals surface area contributed by atoms with Crippen molar-refractivity contribution >= 4 is 40.2 Å². The van der Waals surface area contributed by atoms with E-state index < -0.39 is 29.6 Å². The average molecular weight is 605 g/mol. The molecule has 1 fully saturated rings. The van der Waals surface area contributed by atoms with Gasteiger partial charge in [0.05, 0.1) is 18.9 Å². The molecule has 0 radical (unpaired) electrons. The number of hydrogen-bond donors (Lipinski definition) is 4. The van der Waals surface area contributed by atoms with Crippen LogP contribution in [0.4, 0.5) is 20.4 Å². The molecule has 3 amide bonds. The Labute approximate surface area is 251 Å². The molecule has 3 rings (SSSR count). The van der Waals surface area contributed by atoms with Crippen molar-refractivity contribution in [2.75, 3.05) is 36.9 Å². The number of carboxylic acid groups (broad SMARTS) is 2. The second-order valence-corrected chi connectivity index (χ2v) is 13.4. The van der Waals surface area contributed by atoms with Crippen molar-refractivity contribution in [3.63, 3.8) is 0 Å². The Morgan fingerprint density at radius 2 is 1.52 bits per heavy atom. The lowest BCUT2D eigenvalue weighted by atomic mass is 10.0. The largest absolute Gasteiger partial charge is 0.465 e. The summed E-state index contributed by atoms with van der Waals surface area (Å²) in [6.07, 6.45) is -2.26. The Hall–Kier alpha value is -3.42. The lowest BCUT2D eigenvalue weighted by Gasteiger charge is -2.48. The zero-order valence-electron chi connectivity index (χ0n) is 25.6. The summed E-state index contributed by atoms with van der Waals surface area (Å²) in [5.41, 5.74) is 0.808. The molecule has 1 aromatic carbocycles. The average Bonchev–Trinajstić information content (AvgIpc) is 3.22. The predicted octanol–water partition coefficient (Wildman–Crippen LogP) is 4.97. The van der Waals surface area contributed by atoms with Crippen LogP contribution in [0, 0.1) is 0 Å². The van der Waals surface area contributed by atoms with Gasteiger partial charge in [0.1, 0.15) is 0 Å². The highest BCUT2D eigenvalue weighted by Gasteiger charge is 2.43. The lowest BCUT2D eigenvalue weighted by molar-refractivity contribution is -0.114. The first-order chi connectivity index (χ1) is 19.6. The van der Waals surface area contributed by atoms with Crippen molar-refractivity contribution in [2.24, 2.45) is 0 Å². The van der Waals surface area contributed by atoms with Crippen LogP contribution in [0.1, 0.15) is 64.6 Å². The summed E-state index contributed by atoms with van der Waals surface area (Å²) >= 11 is 1.50. The number of aromatic nitrogens is 1. The molecular weight excluding hydrogens is 560 g/mol. The number of benzene rings is 1. The van der Waals surface area contributed by atoms with Gasteiger partial charge >= 0.3 is 12.2 Å². The van der Waals surface area contributed by atoms with Gasteiger partial charge in [-0.2, -0.15) is 0 Å². The monoisotopic (exact) mass is 604 g/mol. The van der Waals surface area contributed by atoms with E-state index in [1.807, 2.05) is 24.3 Å². The van der Waals surface area contributed by atoms with Gasteiger partial charge in [0.2, 0.25) is 5.91 Å². The molecule has 12 nitrogen and oxygen atoms in total. The predicted molar refractivity (Wildman–Crippen MR) is 163 cm³/mol. The zero-order valence-corrected chi connectivity index (χ0v) is 26.4. The van der Waals surface area contributed by atoms with Gasteiger partial charge in [-0.15, -0.1) is 11.3 Å². The minimum atomic E-state index is -1.23. The summed E-state index contributed by atoms with van der Waals surface area (Å²) in [5.74, 6) is -0.157. The number of aryl methyl sites for hydroxylation is 2. The molecule has 232 valence electrons. The molecule has 1 aliphatic heterocycles. The lowest BCUT2D eigenvalue weighted by Crippen LogP contribution is -2.66. The van der Waals surface area contributed by atoms with Gasteiger partial charge in [0.25, 0.3) is 0 Å². The van der Waals surface area contributed by atoms with Crippen LogP contribution < -0.4 is 10.6 Å². The normalized spacial score (nSPS) is 14.5. The number of hydrogen-bond acceptors (Lipinski definition) is 8. The first kappa shape index (κ1) is 33.1. The Morgan fingerprint density at radius 3 is 2.00 bits per heavy atom. The van der Waals surface area contributed by atoms with Crippen LogP contribution in [0.2, 0.25) is 0 Å². The third-order valence-corrected chi connectivity index (χ3v) is 7.78. The number of carbonyl (C=O) groups is 3. The maximum Gasteiger partial charge on any atom is 0.410 e. The van der Waals surface area contributed by atoms with Crippen LogP contribution in [-0.4, -0.2) is 91.7 Å². The van der Waals surface area contributed by atoms with Crippen molar-refractivity contribution in [1.29, 1.82) is 0 Å². The van der Waals surface area contributed by atoms with Gasteiger partial charge in [-0.05, 0) is 72.1 Å². The van der Waals surface area contributed by atoms with Gasteiger partial charge in [0.15, 0.2) is 11.4 Å². The highest BCUT2D eigenvalue weighted by atomic mass is 32.1. The van der Waals surface area contributed by atoms with E-state index in [0.29, 0.717) is 36.9 Å². The summed E-state index contributed by atoms with van der Waals surface area (Å²) in [6, 6.07) is 7.53. The summed E-state index contributed by atoms with van der Waals surface area (Å²) in [5, 5.41) is 26.7. The second-order valence-electron chi connectivity index (χ2n) is 12.3. The van der Waals surface area contributed by atoms with E-state index in [0.717, 1.165) is 45.6 Å². The summed E-state index contributed by atoms with van der Waals surface area (Å²) in [7, 11) is 0. The molecule has 42 heavy (non-hydrogen) atoms. The standard InChI is InChI=1S/C29H44N6O6S/c1-19(36)30-24-32-22(23(42-24)18-33-14-16-41-17-15-33)13-10-20-8-11-21(12-9-20)31-25(34(26(37)38)28(2,3)4)35(27(39)40)29(5,6)7/h8-9,11-12,25,31H,10,13-18H2,1-7H3,(H,37,38)(H,39,40)(H,30,32,36).